The number of hydrogen-bond acceptors (Lipinski definition) is 3. The molecule has 0 saturated heterocycles. The number of hydrogen-bond donors (Lipinski definition) is 2. The largest absolute Gasteiger partial charge is 0.478 e. The molecule has 4 nitrogen and oxygen atoms in total. The first-order chi connectivity index (χ1) is 9.52. The molecule has 0 atom stereocenters. The number of anilines is 2. The lowest BCUT2D eigenvalue weighted by molar-refractivity contribution is 0.0698. The van der Waals surface area contributed by atoms with Gasteiger partial charge in [0.25, 0.3) is 0 Å². The Balaban J connectivity index is 2.46. The van der Waals surface area contributed by atoms with Crippen molar-refractivity contribution in [1.82, 2.24) is 0 Å². The fraction of sp³-hybridized carbons (Fsp3) is 0.0667. The molecule has 0 aliphatic rings. The van der Waals surface area contributed by atoms with E-state index in [-0.39, 0.29) is 5.56 Å². The van der Waals surface area contributed by atoms with Crippen molar-refractivity contribution in [3.8, 4) is 6.07 Å². The van der Waals surface area contributed by atoms with E-state index in [2.05, 4.69) is 11.4 Å². The standard InChI is InChI=1S/C15H11ClN2O2/c1-9-10(8-17)3-2-4-13(9)18-14-6-5-11(16)7-12(14)15(19)20/h2-7,18H,1H3,(H,19,20). The number of halogens is 1. The van der Waals surface area contributed by atoms with Crippen LogP contribution in [0.1, 0.15) is 21.5 Å². The molecule has 20 heavy (non-hydrogen) atoms. The Labute approximate surface area is 121 Å². The summed E-state index contributed by atoms with van der Waals surface area (Å²) in [7, 11) is 0. The predicted molar refractivity (Wildman–Crippen MR) is 77.6 cm³/mol. The van der Waals surface area contributed by atoms with Gasteiger partial charge in [-0.1, -0.05) is 17.7 Å². The summed E-state index contributed by atoms with van der Waals surface area (Å²) >= 11 is 5.81. The van der Waals surface area contributed by atoms with Gasteiger partial charge in [-0.3, -0.25) is 0 Å². The predicted octanol–water partition coefficient (Wildman–Crippen LogP) is 3.96. The Morgan fingerprint density at radius 1 is 1.30 bits per heavy atom. The van der Waals surface area contributed by atoms with Gasteiger partial charge in [-0.25, -0.2) is 4.79 Å². The second kappa shape index (κ2) is 5.64. The van der Waals surface area contributed by atoms with Crippen molar-refractivity contribution in [2.24, 2.45) is 0 Å². The van der Waals surface area contributed by atoms with Gasteiger partial charge in [0.2, 0.25) is 0 Å². The summed E-state index contributed by atoms with van der Waals surface area (Å²) in [6.07, 6.45) is 0. The molecule has 0 unspecified atom stereocenters. The molecule has 0 saturated carbocycles. The molecule has 0 aliphatic heterocycles. The van der Waals surface area contributed by atoms with Crippen LogP contribution < -0.4 is 5.32 Å². The molecular formula is C15H11ClN2O2. The summed E-state index contributed by atoms with van der Waals surface area (Å²) in [6, 6.07) is 11.9. The smallest absolute Gasteiger partial charge is 0.337 e. The molecular weight excluding hydrogens is 276 g/mol. The molecule has 2 aromatic rings. The van der Waals surface area contributed by atoms with Crippen LogP contribution in [0.15, 0.2) is 36.4 Å². The van der Waals surface area contributed by atoms with Crippen LogP contribution in [0.2, 0.25) is 5.02 Å². The van der Waals surface area contributed by atoms with E-state index in [1.807, 2.05) is 0 Å². The Hall–Kier alpha value is -2.51. The van der Waals surface area contributed by atoms with Gasteiger partial charge in [-0.05, 0) is 42.8 Å². The highest BCUT2D eigenvalue weighted by Gasteiger charge is 2.12. The van der Waals surface area contributed by atoms with Gasteiger partial charge < -0.3 is 10.4 Å². The second-order valence-electron chi connectivity index (χ2n) is 4.21. The van der Waals surface area contributed by atoms with E-state index in [0.29, 0.717) is 22.0 Å². The summed E-state index contributed by atoms with van der Waals surface area (Å²) in [4.78, 5) is 11.2. The van der Waals surface area contributed by atoms with Crippen molar-refractivity contribution < 1.29 is 9.90 Å². The molecule has 2 rings (SSSR count). The van der Waals surface area contributed by atoms with Gasteiger partial charge in [0.1, 0.15) is 0 Å². The zero-order valence-corrected chi connectivity index (χ0v) is 11.4. The van der Waals surface area contributed by atoms with Crippen molar-refractivity contribution in [2.75, 3.05) is 5.32 Å². The first kappa shape index (κ1) is 13.9. The molecule has 0 aromatic heterocycles. The van der Waals surface area contributed by atoms with Crippen LogP contribution in [0, 0.1) is 18.3 Å². The van der Waals surface area contributed by atoms with E-state index < -0.39 is 5.97 Å². The Morgan fingerprint density at radius 3 is 2.70 bits per heavy atom. The highest BCUT2D eigenvalue weighted by Crippen LogP contribution is 2.27. The number of nitrogens with zero attached hydrogens (tertiary/aromatic N) is 1. The van der Waals surface area contributed by atoms with E-state index in [1.165, 1.54) is 6.07 Å². The van der Waals surface area contributed by atoms with E-state index >= 15 is 0 Å². The third-order valence-electron chi connectivity index (χ3n) is 2.94. The minimum atomic E-state index is -1.07. The fourth-order valence-electron chi connectivity index (χ4n) is 1.84. The van der Waals surface area contributed by atoms with Gasteiger partial charge in [0.05, 0.1) is 22.9 Å². The first-order valence-electron chi connectivity index (χ1n) is 5.82. The second-order valence-corrected chi connectivity index (χ2v) is 4.65. The lowest BCUT2D eigenvalue weighted by atomic mass is 10.1. The normalized spacial score (nSPS) is 9.85. The van der Waals surface area contributed by atoms with Crippen LogP contribution >= 0.6 is 11.6 Å². The van der Waals surface area contributed by atoms with Crippen molar-refractivity contribution >= 4 is 28.9 Å². The number of rotatable bonds is 3. The molecule has 0 radical (unpaired) electrons. The van der Waals surface area contributed by atoms with Gasteiger partial charge in [0, 0.05) is 10.7 Å². The summed E-state index contributed by atoms with van der Waals surface area (Å²) < 4.78 is 0. The topological polar surface area (TPSA) is 73.1 Å². The van der Waals surface area contributed by atoms with Crippen molar-refractivity contribution in [2.45, 2.75) is 6.92 Å². The maximum Gasteiger partial charge on any atom is 0.337 e. The van der Waals surface area contributed by atoms with Crippen LogP contribution in [0.25, 0.3) is 0 Å². The van der Waals surface area contributed by atoms with Crippen LogP contribution in [-0.2, 0) is 0 Å². The lowest BCUT2D eigenvalue weighted by Crippen LogP contribution is -2.03. The van der Waals surface area contributed by atoms with Gasteiger partial charge >= 0.3 is 5.97 Å². The van der Waals surface area contributed by atoms with Crippen molar-refractivity contribution in [1.29, 1.82) is 5.26 Å². The number of aromatic carboxylic acids is 1. The number of nitrogens with one attached hydrogen (secondary N) is 1. The Bertz CT molecular complexity index is 720. The van der Waals surface area contributed by atoms with Crippen LogP contribution in [-0.4, -0.2) is 11.1 Å². The minimum absolute atomic E-state index is 0.0826. The SMILES string of the molecule is Cc1c(C#N)cccc1Nc1ccc(Cl)cc1C(=O)O. The molecule has 0 heterocycles. The van der Waals surface area contributed by atoms with Crippen LogP contribution in [0.5, 0.6) is 0 Å². The maximum atomic E-state index is 11.2. The highest BCUT2D eigenvalue weighted by molar-refractivity contribution is 6.31. The van der Waals surface area contributed by atoms with E-state index in [9.17, 15) is 9.90 Å². The Morgan fingerprint density at radius 2 is 2.05 bits per heavy atom. The lowest BCUT2D eigenvalue weighted by Gasteiger charge is -2.13. The number of carboxylic acids is 1. The molecule has 2 aromatic carbocycles. The third kappa shape index (κ3) is 2.73. The minimum Gasteiger partial charge on any atom is -0.478 e. The van der Waals surface area contributed by atoms with Crippen LogP contribution in [0.3, 0.4) is 0 Å². The summed E-state index contributed by atoms with van der Waals surface area (Å²) in [5, 5.41) is 21.6. The van der Waals surface area contributed by atoms with Gasteiger partial charge in [-0.15, -0.1) is 0 Å². The first-order valence-corrected chi connectivity index (χ1v) is 6.20. The summed E-state index contributed by atoms with van der Waals surface area (Å²) in [6.45, 7) is 1.80. The number of carbonyl (C=O) groups is 1. The fourth-order valence-corrected chi connectivity index (χ4v) is 2.01. The number of nitriles is 1. The quantitative estimate of drug-likeness (QED) is 0.895. The molecule has 0 fully saturated rings. The third-order valence-corrected chi connectivity index (χ3v) is 3.17. The summed E-state index contributed by atoms with van der Waals surface area (Å²) in [5.41, 5.74) is 2.51. The monoisotopic (exact) mass is 286 g/mol. The number of carboxylic acid groups (broad SMARTS) is 1. The molecule has 100 valence electrons. The van der Waals surface area contributed by atoms with Crippen molar-refractivity contribution in [3.05, 3.63) is 58.1 Å². The molecule has 2 N–H and O–H groups in total. The maximum absolute atomic E-state index is 11.2. The molecule has 5 heteroatoms. The highest BCUT2D eigenvalue weighted by atomic mass is 35.5. The van der Waals surface area contributed by atoms with Gasteiger partial charge in [0.15, 0.2) is 0 Å². The molecule has 0 amide bonds. The van der Waals surface area contributed by atoms with Gasteiger partial charge in [-0.2, -0.15) is 5.26 Å². The average Bonchev–Trinajstić information content (AvgIpc) is 2.42. The molecule has 0 aliphatic carbocycles. The van der Waals surface area contributed by atoms with Crippen molar-refractivity contribution in [3.63, 3.8) is 0 Å². The van der Waals surface area contributed by atoms with Crippen LogP contribution in [0.4, 0.5) is 11.4 Å². The molecule has 0 spiro atoms. The van der Waals surface area contributed by atoms with E-state index in [0.717, 1.165) is 5.56 Å². The average molecular weight is 287 g/mol. The van der Waals surface area contributed by atoms with E-state index in [4.69, 9.17) is 16.9 Å². The number of benzene rings is 2. The summed E-state index contributed by atoms with van der Waals surface area (Å²) in [5.74, 6) is -1.07. The zero-order valence-electron chi connectivity index (χ0n) is 10.6. The Kier molecular flexibility index (Phi) is 3.92. The molecule has 0 bridgehead atoms. The van der Waals surface area contributed by atoms with E-state index in [1.54, 1.807) is 37.3 Å². The zero-order chi connectivity index (χ0) is 14.7.